The van der Waals surface area contributed by atoms with Crippen LogP contribution in [0.25, 0.3) is 11.6 Å². The van der Waals surface area contributed by atoms with Gasteiger partial charge in [0.15, 0.2) is 5.82 Å². The third-order valence-electron chi connectivity index (χ3n) is 3.86. The van der Waals surface area contributed by atoms with Crippen LogP contribution in [0.2, 0.25) is 0 Å². The lowest BCUT2D eigenvalue weighted by Crippen LogP contribution is -2.25. The lowest BCUT2D eigenvalue weighted by molar-refractivity contribution is -0.143. The maximum absolute atomic E-state index is 11.3. The van der Waals surface area contributed by atoms with Gasteiger partial charge in [0.2, 0.25) is 11.7 Å². The van der Waals surface area contributed by atoms with E-state index in [2.05, 4.69) is 15.1 Å². The fraction of sp³-hybridized carbons (Fsp3) is 0.538. The molecule has 20 heavy (non-hydrogen) atoms. The molecule has 1 fully saturated rings. The molecule has 1 N–H and O–H groups in total. The summed E-state index contributed by atoms with van der Waals surface area (Å²) in [6.45, 7) is 0. The van der Waals surface area contributed by atoms with Crippen LogP contribution in [-0.4, -0.2) is 30.8 Å². The van der Waals surface area contributed by atoms with Crippen molar-refractivity contribution in [1.82, 2.24) is 19.7 Å². The molecule has 0 amide bonds. The molecule has 2 unspecified atom stereocenters. The van der Waals surface area contributed by atoms with Gasteiger partial charge in [-0.1, -0.05) is 18.0 Å². The van der Waals surface area contributed by atoms with Crippen LogP contribution in [0.15, 0.2) is 16.9 Å². The first-order valence-electron chi connectivity index (χ1n) is 6.71. The zero-order valence-electron chi connectivity index (χ0n) is 11.2. The smallest absolute Gasteiger partial charge is 0.307 e. The average Bonchev–Trinajstić information content (AvgIpc) is 3.07. The number of carbonyl (C=O) groups is 1. The molecule has 1 aliphatic rings. The highest BCUT2D eigenvalue weighted by Crippen LogP contribution is 2.37. The van der Waals surface area contributed by atoms with Gasteiger partial charge in [0, 0.05) is 19.4 Å². The SMILES string of the molecule is Cn1ccnc1-c1noc(C2CCCCC2C(=O)O)n1. The minimum atomic E-state index is -0.786. The molecule has 7 heteroatoms. The average molecular weight is 276 g/mol. The van der Waals surface area contributed by atoms with Gasteiger partial charge in [0.1, 0.15) is 0 Å². The Morgan fingerprint density at radius 1 is 1.45 bits per heavy atom. The van der Waals surface area contributed by atoms with Crippen LogP contribution in [0.4, 0.5) is 0 Å². The second-order valence-corrected chi connectivity index (χ2v) is 5.15. The van der Waals surface area contributed by atoms with Crippen molar-refractivity contribution in [3.8, 4) is 11.6 Å². The van der Waals surface area contributed by atoms with E-state index in [1.54, 1.807) is 17.0 Å². The maximum Gasteiger partial charge on any atom is 0.307 e. The minimum absolute atomic E-state index is 0.192. The van der Waals surface area contributed by atoms with Gasteiger partial charge in [0.25, 0.3) is 0 Å². The summed E-state index contributed by atoms with van der Waals surface area (Å²) in [5.74, 6) is 0.0210. The van der Waals surface area contributed by atoms with Gasteiger partial charge in [-0.05, 0) is 12.8 Å². The summed E-state index contributed by atoms with van der Waals surface area (Å²) in [6.07, 6.45) is 6.83. The number of aromatic nitrogens is 4. The maximum atomic E-state index is 11.3. The fourth-order valence-electron chi connectivity index (χ4n) is 2.78. The first kappa shape index (κ1) is 12.8. The van der Waals surface area contributed by atoms with Crippen molar-refractivity contribution in [2.75, 3.05) is 0 Å². The molecule has 0 saturated heterocycles. The Morgan fingerprint density at radius 2 is 2.25 bits per heavy atom. The molecular formula is C13H16N4O3. The molecule has 1 aliphatic carbocycles. The number of carboxylic acids is 1. The van der Waals surface area contributed by atoms with Crippen LogP contribution in [0.5, 0.6) is 0 Å². The van der Waals surface area contributed by atoms with Gasteiger partial charge < -0.3 is 14.2 Å². The molecule has 1 saturated carbocycles. The Labute approximate surface area is 115 Å². The fourth-order valence-corrected chi connectivity index (χ4v) is 2.78. The normalized spacial score (nSPS) is 22.9. The van der Waals surface area contributed by atoms with Crippen LogP contribution in [-0.2, 0) is 11.8 Å². The molecule has 0 radical (unpaired) electrons. The molecule has 2 aromatic heterocycles. The number of hydrogen-bond acceptors (Lipinski definition) is 5. The highest BCUT2D eigenvalue weighted by Gasteiger charge is 2.35. The van der Waals surface area contributed by atoms with Gasteiger partial charge in [-0.25, -0.2) is 4.98 Å². The van der Waals surface area contributed by atoms with E-state index in [1.165, 1.54) is 0 Å². The lowest BCUT2D eigenvalue weighted by Gasteiger charge is -2.25. The summed E-state index contributed by atoms with van der Waals surface area (Å²) in [5.41, 5.74) is 0. The standard InChI is InChI=1S/C13H16N4O3/c1-17-7-6-14-11(17)10-15-12(20-16-10)8-4-2-3-5-9(8)13(18)19/h6-9H,2-5H2,1H3,(H,18,19). The van der Waals surface area contributed by atoms with E-state index >= 15 is 0 Å². The highest BCUT2D eigenvalue weighted by atomic mass is 16.5. The molecule has 0 aliphatic heterocycles. The quantitative estimate of drug-likeness (QED) is 0.919. The molecule has 0 bridgehead atoms. The second kappa shape index (κ2) is 5.07. The Bertz CT molecular complexity index is 619. The number of aliphatic carboxylic acids is 1. The minimum Gasteiger partial charge on any atom is -0.481 e. The summed E-state index contributed by atoms with van der Waals surface area (Å²) in [6, 6.07) is 0. The number of hydrogen-bond donors (Lipinski definition) is 1. The predicted molar refractivity (Wildman–Crippen MR) is 68.8 cm³/mol. The first-order valence-corrected chi connectivity index (χ1v) is 6.71. The number of rotatable bonds is 3. The Hall–Kier alpha value is -2.18. The summed E-state index contributed by atoms with van der Waals surface area (Å²) in [7, 11) is 1.85. The second-order valence-electron chi connectivity index (χ2n) is 5.15. The van der Waals surface area contributed by atoms with Crippen LogP contribution >= 0.6 is 0 Å². The van der Waals surface area contributed by atoms with Crippen molar-refractivity contribution in [1.29, 1.82) is 0 Å². The zero-order chi connectivity index (χ0) is 14.1. The summed E-state index contributed by atoms with van der Waals surface area (Å²) < 4.78 is 7.08. The molecule has 2 aromatic rings. The topological polar surface area (TPSA) is 94.0 Å². The summed E-state index contributed by atoms with van der Waals surface area (Å²) in [4.78, 5) is 19.8. The Balaban J connectivity index is 1.89. The van der Waals surface area contributed by atoms with Gasteiger partial charge in [-0.2, -0.15) is 4.98 Å². The number of nitrogens with zero attached hydrogens (tertiary/aromatic N) is 4. The van der Waals surface area contributed by atoms with Crippen molar-refractivity contribution in [3.63, 3.8) is 0 Å². The van der Waals surface area contributed by atoms with Crippen LogP contribution < -0.4 is 0 Å². The van der Waals surface area contributed by atoms with Crippen molar-refractivity contribution in [2.24, 2.45) is 13.0 Å². The van der Waals surface area contributed by atoms with E-state index in [9.17, 15) is 9.90 Å². The van der Waals surface area contributed by atoms with Crippen molar-refractivity contribution in [2.45, 2.75) is 31.6 Å². The monoisotopic (exact) mass is 276 g/mol. The van der Waals surface area contributed by atoms with E-state index in [4.69, 9.17) is 4.52 Å². The van der Waals surface area contributed by atoms with Crippen LogP contribution in [0.1, 0.15) is 37.5 Å². The molecule has 106 valence electrons. The van der Waals surface area contributed by atoms with Gasteiger partial charge in [-0.15, -0.1) is 0 Å². The largest absolute Gasteiger partial charge is 0.481 e. The van der Waals surface area contributed by atoms with Gasteiger partial charge in [-0.3, -0.25) is 4.79 Å². The predicted octanol–water partition coefficient (Wildman–Crippen LogP) is 1.83. The van der Waals surface area contributed by atoms with E-state index in [1.807, 2.05) is 7.05 Å². The number of carboxylic acid groups (broad SMARTS) is 1. The molecule has 2 atom stereocenters. The van der Waals surface area contributed by atoms with E-state index < -0.39 is 11.9 Å². The molecule has 0 aromatic carbocycles. The van der Waals surface area contributed by atoms with Crippen LogP contribution in [0.3, 0.4) is 0 Å². The van der Waals surface area contributed by atoms with Crippen molar-refractivity contribution >= 4 is 5.97 Å². The van der Waals surface area contributed by atoms with E-state index in [0.29, 0.717) is 24.0 Å². The lowest BCUT2D eigenvalue weighted by atomic mass is 9.79. The molecular weight excluding hydrogens is 260 g/mol. The highest BCUT2D eigenvalue weighted by molar-refractivity contribution is 5.71. The third kappa shape index (κ3) is 2.19. The van der Waals surface area contributed by atoms with E-state index in [0.717, 1.165) is 19.3 Å². The first-order chi connectivity index (χ1) is 9.66. The Morgan fingerprint density at radius 3 is 2.95 bits per heavy atom. The third-order valence-corrected chi connectivity index (χ3v) is 3.86. The number of aryl methyl sites for hydroxylation is 1. The van der Waals surface area contributed by atoms with Crippen molar-refractivity contribution < 1.29 is 14.4 Å². The van der Waals surface area contributed by atoms with Gasteiger partial charge in [0.05, 0.1) is 11.8 Å². The van der Waals surface area contributed by atoms with Crippen LogP contribution in [0, 0.1) is 5.92 Å². The van der Waals surface area contributed by atoms with Gasteiger partial charge >= 0.3 is 5.97 Å². The molecule has 7 nitrogen and oxygen atoms in total. The molecule has 3 rings (SSSR count). The summed E-state index contributed by atoms with van der Waals surface area (Å²) in [5, 5.41) is 13.2. The number of imidazole rings is 1. The summed E-state index contributed by atoms with van der Waals surface area (Å²) >= 11 is 0. The van der Waals surface area contributed by atoms with E-state index in [-0.39, 0.29) is 5.92 Å². The molecule has 0 spiro atoms. The molecule has 2 heterocycles. The zero-order valence-corrected chi connectivity index (χ0v) is 11.2. The van der Waals surface area contributed by atoms with Crippen molar-refractivity contribution in [3.05, 3.63) is 18.3 Å². The Kier molecular flexibility index (Phi) is 3.25.